The first-order valence-electron chi connectivity index (χ1n) is 11.7. The maximum Gasteiger partial charge on any atom is 0.261 e. The maximum absolute atomic E-state index is 14.0. The number of fused-ring (bicyclic) bond motifs is 1. The van der Waals surface area contributed by atoms with Crippen molar-refractivity contribution in [1.82, 2.24) is 14.5 Å². The van der Waals surface area contributed by atoms with Crippen LogP contribution in [0.1, 0.15) is 53.3 Å². The van der Waals surface area contributed by atoms with Gasteiger partial charge >= 0.3 is 0 Å². The molecule has 1 N–H and O–H groups in total. The van der Waals surface area contributed by atoms with Gasteiger partial charge in [-0.15, -0.1) is 0 Å². The fourth-order valence-electron chi connectivity index (χ4n) is 5.51. The van der Waals surface area contributed by atoms with Gasteiger partial charge in [0.1, 0.15) is 10.7 Å². The summed E-state index contributed by atoms with van der Waals surface area (Å²) in [7, 11) is -3.79. The predicted octanol–water partition coefficient (Wildman–Crippen LogP) is 3.03. The van der Waals surface area contributed by atoms with Crippen molar-refractivity contribution in [1.29, 1.82) is 0 Å². The summed E-state index contributed by atoms with van der Waals surface area (Å²) in [4.78, 5) is 26.0. The van der Waals surface area contributed by atoms with E-state index in [1.807, 2.05) is 0 Å². The van der Waals surface area contributed by atoms with E-state index in [0.717, 1.165) is 19.3 Å². The number of sulfonamides is 1. The van der Waals surface area contributed by atoms with Crippen LogP contribution in [-0.4, -0.2) is 61.2 Å². The Bertz CT molecular complexity index is 1200. The molecule has 9 heteroatoms. The lowest BCUT2D eigenvalue weighted by molar-refractivity contribution is -0.0366. The van der Waals surface area contributed by atoms with Crippen molar-refractivity contribution in [2.45, 2.75) is 49.6 Å². The molecule has 0 radical (unpaired) electrons. The van der Waals surface area contributed by atoms with E-state index in [-0.39, 0.29) is 28.2 Å². The number of nitrogens with zero attached hydrogens (tertiary/aromatic N) is 2. The van der Waals surface area contributed by atoms with Gasteiger partial charge in [-0.25, -0.2) is 12.8 Å². The lowest BCUT2D eigenvalue weighted by atomic mass is 9.61. The summed E-state index contributed by atoms with van der Waals surface area (Å²) >= 11 is 0. The van der Waals surface area contributed by atoms with Crippen LogP contribution in [-0.2, 0) is 10.0 Å². The molecule has 1 atom stereocenters. The van der Waals surface area contributed by atoms with E-state index in [1.165, 1.54) is 33.5 Å². The highest BCUT2D eigenvalue weighted by Gasteiger charge is 2.55. The number of hydrogen-bond donors (Lipinski definition) is 1. The molecule has 0 bridgehead atoms. The van der Waals surface area contributed by atoms with Crippen LogP contribution in [0.4, 0.5) is 4.39 Å². The number of rotatable bonds is 8. The van der Waals surface area contributed by atoms with Gasteiger partial charge in [-0.05, 0) is 56.9 Å². The Hall–Kier alpha value is -2.62. The van der Waals surface area contributed by atoms with E-state index >= 15 is 0 Å². The second-order valence-corrected chi connectivity index (χ2v) is 11.7. The maximum atomic E-state index is 14.0. The number of carbonyl (C=O) groups is 2. The third-order valence-corrected chi connectivity index (χ3v) is 9.08. The molecule has 7 nitrogen and oxygen atoms in total. The molecule has 1 spiro atoms. The molecule has 2 aliphatic heterocycles. The molecule has 2 fully saturated rings. The molecule has 0 aromatic heterocycles. The van der Waals surface area contributed by atoms with E-state index < -0.39 is 15.8 Å². The minimum absolute atomic E-state index is 0.0180. The van der Waals surface area contributed by atoms with Crippen LogP contribution in [0, 0.1) is 11.2 Å². The summed E-state index contributed by atoms with van der Waals surface area (Å²) in [6, 6.07) is 12.9. The Balaban J connectivity index is 1.05. The van der Waals surface area contributed by atoms with Crippen LogP contribution in [0.5, 0.6) is 0 Å². The second-order valence-electron chi connectivity index (χ2n) is 9.83. The van der Waals surface area contributed by atoms with Crippen LogP contribution in [0.2, 0.25) is 0 Å². The van der Waals surface area contributed by atoms with Gasteiger partial charge in [0.15, 0.2) is 0 Å². The second kappa shape index (κ2) is 8.55. The van der Waals surface area contributed by atoms with Crippen molar-refractivity contribution in [3.8, 4) is 0 Å². The van der Waals surface area contributed by atoms with E-state index in [9.17, 15) is 22.4 Å². The zero-order chi connectivity index (χ0) is 24.1. The molecule has 2 amide bonds. The number of amides is 2. The van der Waals surface area contributed by atoms with E-state index in [1.54, 1.807) is 24.3 Å². The van der Waals surface area contributed by atoms with Gasteiger partial charge in [0.05, 0.1) is 11.1 Å². The Morgan fingerprint density at radius 3 is 2.24 bits per heavy atom. The number of benzene rings is 2. The molecular formula is C25H28FN3O4S. The highest BCUT2D eigenvalue weighted by Crippen LogP contribution is 2.50. The Morgan fingerprint density at radius 2 is 1.62 bits per heavy atom. The van der Waals surface area contributed by atoms with Crippen molar-refractivity contribution >= 4 is 21.8 Å². The van der Waals surface area contributed by atoms with Crippen LogP contribution < -0.4 is 5.32 Å². The molecule has 2 heterocycles. The first-order valence-corrected chi connectivity index (χ1v) is 13.1. The van der Waals surface area contributed by atoms with Crippen LogP contribution in [0.15, 0.2) is 53.4 Å². The van der Waals surface area contributed by atoms with Crippen molar-refractivity contribution in [2.24, 2.45) is 5.41 Å². The minimum atomic E-state index is -3.79. The highest BCUT2D eigenvalue weighted by atomic mass is 32.2. The third kappa shape index (κ3) is 3.95. The zero-order valence-electron chi connectivity index (χ0n) is 19.0. The van der Waals surface area contributed by atoms with E-state index in [2.05, 4.69) is 12.2 Å². The topological polar surface area (TPSA) is 86.8 Å². The first-order chi connectivity index (χ1) is 16.2. The molecule has 5 rings (SSSR count). The van der Waals surface area contributed by atoms with E-state index in [4.69, 9.17) is 0 Å². The van der Waals surface area contributed by atoms with Gasteiger partial charge in [0, 0.05) is 37.1 Å². The van der Waals surface area contributed by atoms with Gasteiger partial charge in [-0.3, -0.25) is 14.5 Å². The third-order valence-electron chi connectivity index (χ3n) is 7.25. The molecule has 34 heavy (non-hydrogen) atoms. The SMILES string of the molecule is CC(CCCN1C(=O)c2ccccc2C1=O)NC1CC2(C1)CN(S(=O)(=O)c1ccccc1F)C2. The molecule has 3 aliphatic rings. The van der Waals surface area contributed by atoms with Gasteiger partial charge in [-0.2, -0.15) is 4.31 Å². The Morgan fingerprint density at radius 1 is 1.03 bits per heavy atom. The molecule has 1 unspecified atom stereocenters. The number of imide groups is 1. The molecular weight excluding hydrogens is 457 g/mol. The summed E-state index contributed by atoms with van der Waals surface area (Å²) in [5.41, 5.74) is 0.936. The van der Waals surface area contributed by atoms with Crippen LogP contribution in [0.3, 0.4) is 0 Å². The quantitative estimate of drug-likeness (QED) is 0.581. The normalized spacial score (nSPS) is 20.8. The lowest BCUT2D eigenvalue weighted by Gasteiger charge is -2.58. The summed E-state index contributed by atoms with van der Waals surface area (Å²) in [5, 5.41) is 3.58. The summed E-state index contributed by atoms with van der Waals surface area (Å²) < 4.78 is 40.7. The van der Waals surface area contributed by atoms with Crippen molar-refractivity contribution < 1.29 is 22.4 Å². The Kier molecular flexibility index (Phi) is 5.82. The number of carbonyl (C=O) groups excluding carboxylic acids is 2. The van der Waals surface area contributed by atoms with Crippen molar-refractivity contribution in [3.05, 3.63) is 65.5 Å². The molecule has 2 aromatic rings. The molecule has 1 saturated carbocycles. The molecule has 1 saturated heterocycles. The van der Waals surface area contributed by atoms with Crippen LogP contribution >= 0.6 is 0 Å². The van der Waals surface area contributed by atoms with Crippen molar-refractivity contribution in [2.75, 3.05) is 19.6 Å². The van der Waals surface area contributed by atoms with Gasteiger partial charge in [-0.1, -0.05) is 24.3 Å². The average Bonchev–Trinajstić information content (AvgIpc) is 2.99. The van der Waals surface area contributed by atoms with Crippen molar-refractivity contribution in [3.63, 3.8) is 0 Å². The van der Waals surface area contributed by atoms with Gasteiger partial charge < -0.3 is 5.32 Å². The zero-order valence-corrected chi connectivity index (χ0v) is 19.9. The summed E-state index contributed by atoms with van der Waals surface area (Å²) in [6.45, 7) is 3.34. The van der Waals surface area contributed by atoms with Crippen LogP contribution in [0.25, 0.3) is 0 Å². The van der Waals surface area contributed by atoms with E-state index in [0.29, 0.717) is 43.2 Å². The minimum Gasteiger partial charge on any atom is -0.311 e. The summed E-state index contributed by atoms with van der Waals surface area (Å²) in [6.07, 6.45) is 3.31. The number of hydrogen-bond acceptors (Lipinski definition) is 5. The first kappa shape index (κ1) is 23.1. The largest absolute Gasteiger partial charge is 0.311 e. The standard InChI is InChI=1S/C25H28FN3O4S/c1-17(7-6-12-29-23(30)19-8-2-3-9-20(19)24(29)31)27-18-13-25(14-18)15-28(16-25)34(32,33)22-11-5-4-10-21(22)26/h2-5,8-11,17-18,27H,6-7,12-16H2,1H3. The monoisotopic (exact) mass is 485 g/mol. The Labute approximate surface area is 199 Å². The average molecular weight is 486 g/mol. The fraction of sp³-hybridized carbons (Fsp3) is 0.440. The fourth-order valence-corrected chi connectivity index (χ4v) is 7.24. The van der Waals surface area contributed by atoms with Gasteiger partial charge in [0.25, 0.3) is 11.8 Å². The molecule has 2 aromatic carbocycles. The number of nitrogens with one attached hydrogen (secondary N) is 1. The summed E-state index contributed by atoms with van der Waals surface area (Å²) in [5.74, 6) is -1.16. The van der Waals surface area contributed by atoms with Gasteiger partial charge in [0.2, 0.25) is 10.0 Å². The number of halogens is 1. The lowest BCUT2D eigenvalue weighted by Crippen LogP contribution is -2.67. The predicted molar refractivity (Wildman–Crippen MR) is 124 cm³/mol. The highest BCUT2D eigenvalue weighted by molar-refractivity contribution is 7.89. The smallest absolute Gasteiger partial charge is 0.261 e. The molecule has 1 aliphatic carbocycles. The molecule has 180 valence electrons.